The average molecular weight is 442 g/mol. The summed E-state index contributed by atoms with van der Waals surface area (Å²) in [5, 5.41) is 0. The van der Waals surface area contributed by atoms with Gasteiger partial charge in [0.2, 0.25) is 5.91 Å². The van der Waals surface area contributed by atoms with Crippen molar-refractivity contribution >= 4 is 16.9 Å². The summed E-state index contributed by atoms with van der Waals surface area (Å²) in [5.41, 5.74) is 2.95. The lowest BCUT2D eigenvalue weighted by molar-refractivity contribution is -0.132. The first-order valence-corrected chi connectivity index (χ1v) is 11.3. The fourth-order valence-electron chi connectivity index (χ4n) is 4.54. The van der Waals surface area contributed by atoms with Crippen LogP contribution in [0.4, 0.5) is 0 Å². The summed E-state index contributed by atoms with van der Waals surface area (Å²) < 4.78 is 13.2. The number of methoxy groups -OCH3 is 1. The number of likely N-dealkylation sites (tertiary alicyclic amines) is 1. The van der Waals surface area contributed by atoms with Crippen molar-refractivity contribution in [2.75, 3.05) is 13.7 Å². The third-order valence-electron chi connectivity index (χ3n) is 6.21. The Balaban J connectivity index is 1.38. The Labute approximate surface area is 193 Å². The summed E-state index contributed by atoms with van der Waals surface area (Å²) in [6.45, 7) is 1.30. The predicted molar refractivity (Wildman–Crippen MR) is 127 cm³/mol. The smallest absolute Gasteiger partial charge is 0.243 e. The highest BCUT2D eigenvalue weighted by Gasteiger charge is 2.30. The van der Waals surface area contributed by atoms with Gasteiger partial charge < -0.3 is 18.9 Å². The molecule has 1 fully saturated rings. The van der Waals surface area contributed by atoms with Crippen LogP contribution >= 0.6 is 0 Å². The zero-order chi connectivity index (χ0) is 22.6. The molecule has 1 atom stereocenters. The number of nitrogens with zero attached hydrogens (tertiary/aromatic N) is 3. The van der Waals surface area contributed by atoms with Gasteiger partial charge >= 0.3 is 0 Å². The fourth-order valence-corrected chi connectivity index (χ4v) is 4.54. The van der Waals surface area contributed by atoms with Crippen LogP contribution in [0.5, 0.6) is 11.5 Å². The molecular weight excluding hydrogens is 414 g/mol. The normalized spacial score (nSPS) is 15.7. The van der Waals surface area contributed by atoms with Gasteiger partial charge in [-0.25, -0.2) is 4.98 Å². The SMILES string of the molecule is COc1ccc([C@H]2CCCN2C(=O)Cn2c(COc3ccccc3)nc3ccccc32)cc1. The molecule has 0 N–H and O–H groups in total. The third kappa shape index (κ3) is 4.42. The van der Waals surface area contributed by atoms with Crippen LogP contribution in [0.1, 0.15) is 30.3 Å². The molecule has 1 aromatic heterocycles. The molecule has 1 aliphatic rings. The number of carbonyl (C=O) groups is 1. The maximum atomic E-state index is 13.5. The largest absolute Gasteiger partial charge is 0.497 e. The quantitative estimate of drug-likeness (QED) is 0.406. The molecule has 6 nitrogen and oxygen atoms in total. The molecule has 3 aromatic carbocycles. The average Bonchev–Trinajstić information content (AvgIpc) is 3.49. The molecule has 168 valence electrons. The summed E-state index contributed by atoms with van der Waals surface area (Å²) >= 11 is 0. The van der Waals surface area contributed by atoms with Crippen molar-refractivity contribution in [2.24, 2.45) is 0 Å². The van der Waals surface area contributed by atoms with Crippen LogP contribution < -0.4 is 9.47 Å². The van der Waals surface area contributed by atoms with E-state index in [0.29, 0.717) is 6.61 Å². The van der Waals surface area contributed by atoms with E-state index in [0.717, 1.165) is 53.3 Å². The molecule has 4 aromatic rings. The van der Waals surface area contributed by atoms with Crippen molar-refractivity contribution < 1.29 is 14.3 Å². The van der Waals surface area contributed by atoms with Crippen molar-refractivity contribution in [3.8, 4) is 11.5 Å². The zero-order valence-electron chi connectivity index (χ0n) is 18.7. The molecular formula is C27H27N3O3. The van der Waals surface area contributed by atoms with E-state index in [1.807, 2.05) is 76.2 Å². The van der Waals surface area contributed by atoms with Crippen LogP contribution in [0.25, 0.3) is 11.0 Å². The minimum absolute atomic E-state index is 0.0854. The van der Waals surface area contributed by atoms with Crippen LogP contribution in [0.3, 0.4) is 0 Å². The summed E-state index contributed by atoms with van der Waals surface area (Å²) in [4.78, 5) is 20.3. The Hall–Kier alpha value is -3.80. The lowest BCUT2D eigenvalue weighted by atomic mass is 10.0. The highest BCUT2D eigenvalue weighted by molar-refractivity contribution is 5.81. The number of carbonyl (C=O) groups excluding carboxylic acids is 1. The summed E-state index contributed by atoms with van der Waals surface area (Å²) in [7, 11) is 1.66. The highest BCUT2D eigenvalue weighted by atomic mass is 16.5. The molecule has 0 spiro atoms. The van der Waals surface area contributed by atoms with Crippen molar-refractivity contribution in [1.82, 2.24) is 14.5 Å². The van der Waals surface area contributed by atoms with Crippen molar-refractivity contribution in [2.45, 2.75) is 32.0 Å². The van der Waals surface area contributed by atoms with Gasteiger partial charge in [0.05, 0.1) is 24.2 Å². The number of hydrogen-bond donors (Lipinski definition) is 0. The van der Waals surface area contributed by atoms with E-state index in [-0.39, 0.29) is 18.5 Å². The van der Waals surface area contributed by atoms with E-state index >= 15 is 0 Å². The van der Waals surface area contributed by atoms with Gasteiger partial charge in [-0.2, -0.15) is 0 Å². The van der Waals surface area contributed by atoms with Crippen molar-refractivity contribution in [1.29, 1.82) is 0 Å². The molecule has 2 heterocycles. The number of para-hydroxylation sites is 3. The monoisotopic (exact) mass is 441 g/mol. The Kier molecular flexibility index (Phi) is 5.98. The van der Waals surface area contributed by atoms with Gasteiger partial charge in [0.25, 0.3) is 0 Å². The Morgan fingerprint density at radius 2 is 1.73 bits per heavy atom. The van der Waals surface area contributed by atoms with Crippen molar-refractivity contribution in [3.05, 3.63) is 90.3 Å². The van der Waals surface area contributed by atoms with Gasteiger partial charge in [-0.05, 0) is 54.8 Å². The number of aromatic nitrogens is 2. The molecule has 1 amide bonds. The van der Waals surface area contributed by atoms with Gasteiger partial charge in [0.1, 0.15) is 30.5 Å². The first-order valence-electron chi connectivity index (χ1n) is 11.3. The number of amides is 1. The topological polar surface area (TPSA) is 56.6 Å². The van der Waals surface area contributed by atoms with Gasteiger partial charge in [-0.15, -0.1) is 0 Å². The zero-order valence-corrected chi connectivity index (χ0v) is 18.7. The first-order chi connectivity index (χ1) is 16.2. The van der Waals surface area contributed by atoms with Gasteiger partial charge in [-0.1, -0.05) is 42.5 Å². The molecule has 1 aliphatic heterocycles. The van der Waals surface area contributed by atoms with Crippen LogP contribution in [0.2, 0.25) is 0 Å². The standard InChI is InChI=1S/C27H27N3O3/c1-32-21-15-13-20(14-16-21)24-12-7-17-29(24)27(31)18-30-25-11-6-5-10-23(25)28-26(30)19-33-22-8-3-2-4-9-22/h2-6,8-11,13-16,24H,7,12,17-19H2,1H3/t24-/m1/s1. The van der Waals surface area contributed by atoms with Crippen LogP contribution in [-0.4, -0.2) is 34.0 Å². The van der Waals surface area contributed by atoms with Crippen LogP contribution in [0.15, 0.2) is 78.9 Å². The maximum Gasteiger partial charge on any atom is 0.243 e. The summed E-state index contributed by atoms with van der Waals surface area (Å²) in [5.74, 6) is 2.44. The number of hydrogen-bond acceptors (Lipinski definition) is 4. The molecule has 0 unspecified atom stereocenters. The highest BCUT2D eigenvalue weighted by Crippen LogP contribution is 2.33. The Morgan fingerprint density at radius 1 is 0.970 bits per heavy atom. The van der Waals surface area contributed by atoms with E-state index in [2.05, 4.69) is 12.1 Å². The lowest BCUT2D eigenvalue weighted by Gasteiger charge is -2.26. The van der Waals surface area contributed by atoms with Crippen molar-refractivity contribution in [3.63, 3.8) is 0 Å². The van der Waals surface area contributed by atoms with E-state index in [9.17, 15) is 4.79 Å². The fraction of sp³-hybridized carbons (Fsp3) is 0.259. The van der Waals surface area contributed by atoms with Crippen LogP contribution in [0, 0.1) is 0 Å². The minimum atomic E-state index is 0.0854. The molecule has 0 bridgehead atoms. The molecule has 0 radical (unpaired) electrons. The predicted octanol–water partition coefficient (Wildman–Crippen LogP) is 4.99. The molecule has 0 aliphatic carbocycles. The summed E-state index contributed by atoms with van der Waals surface area (Å²) in [6.07, 6.45) is 1.96. The van der Waals surface area contributed by atoms with E-state index in [1.54, 1.807) is 7.11 Å². The molecule has 0 saturated carbocycles. The lowest BCUT2D eigenvalue weighted by Crippen LogP contribution is -2.33. The summed E-state index contributed by atoms with van der Waals surface area (Å²) in [6, 6.07) is 25.7. The Morgan fingerprint density at radius 3 is 2.52 bits per heavy atom. The third-order valence-corrected chi connectivity index (χ3v) is 6.21. The first kappa shape index (κ1) is 21.1. The number of ether oxygens (including phenoxy) is 2. The minimum Gasteiger partial charge on any atom is -0.497 e. The van der Waals surface area contributed by atoms with E-state index in [4.69, 9.17) is 14.5 Å². The maximum absolute atomic E-state index is 13.5. The second-order valence-corrected chi connectivity index (χ2v) is 8.22. The van der Waals surface area contributed by atoms with Gasteiger partial charge in [-0.3, -0.25) is 4.79 Å². The number of fused-ring (bicyclic) bond motifs is 1. The number of rotatable bonds is 7. The number of benzene rings is 3. The molecule has 33 heavy (non-hydrogen) atoms. The number of imidazole rings is 1. The Bertz CT molecular complexity index is 1230. The van der Waals surface area contributed by atoms with E-state index < -0.39 is 0 Å². The molecule has 6 heteroatoms. The second kappa shape index (κ2) is 9.36. The second-order valence-electron chi connectivity index (χ2n) is 8.22. The molecule has 5 rings (SSSR count). The molecule has 1 saturated heterocycles. The van der Waals surface area contributed by atoms with E-state index in [1.165, 1.54) is 0 Å². The van der Waals surface area contributed by atoms with Crippen LogP contribution in [-0.2, 0) is 17.9 Å². The van der Waals surface area contributed by atoms with Gasteiger partial charge in [0.15, 0.2) is 0 Å². The van der Waals surface area contributed by atoms with Gasteiger partial charge in [0, 0.05) is 6.54 Å².